The molecule has 1 atom stereocenters. The van der Waals surface area contributed by atoms with E-state index in [-0.39, 0.29) is 11.8 Å². The maximum Gasteiger partial charge on any atom is 0.307 e. The lowest BCUT2D eigenvalue weighted by Crippen LogP contribution is -2.44. The van der Waals surface area contributed by atoms with Crippen LogP contribution in [0.4, 0.5) is 0 Å². The Morgan fingerprint density at radius 3 is 2.76 bits per heavy atom. The third-order valence-electron chi connectivity index (χ3n) is 4.09. The quantitative estimate of drug-likeness (QED) is 0.887. The van der Waals surface area contributed by atoms with E-state index in [1.807, 2.05) is 36.9 Å². The van der Waals surface area contributed by atoms with E-state index in [4.69, 9.17) is 5.11 Å². The number of aryl methyl sites for hydroxylation is 2. The van der Waals surface area contributed by atoms with Gasteiger partial charge >= 0.3 is 5.97 Å². The van der Waals surface area contributed by atoms with Crippen molar-refractivity contribution in [3.05, 3.63) is 34.9 Å². The third-order valence-corrected chi connectivity index (χ3v) is 4.09. The number of benzene rings is 1. The summed E-state index contributed by atoms with van der Waals surface area (Å²) in [4.78, 5) is 25.1. The number of aliphatic carboxylic acids is 1. The number of nitrogens with zero attached hydrogens (tertiary/aromatic N) is 1. The van der Waals surface area contributed by atoms with Gasteiger partial charge in [-0.1, -0.05) is 6.07 Å². The Hall–Kier alpha value is -1.88. The monoisotopic (exact) mass is 290 g/mol. The van der Waals surface area contributed by atoms with Crippen molar-refractivity contribution in [2.24, 2.45) is 5.92 Å². The number of rotatable bonds is 4. The molecule has 0 saturated carbocycles. The number of hydrogen-bond donors (Lipinski definition) is 2. The van der Waals surface area contributed by atoms with E-state index in [0.717, 1.165) is 30.5 Å². The second-order valence-electron chi connectivity index (χ2n) is 5.72. The highest BCUT2D eigenvalue weighted by atomic mass is 16.4. The van der Waals surface area contributed by atoms with Gasteiger partial charge in [0.1, 0.15) is 0 Å². The van der Waals surface area contributed by atoms with Gasteiger partial charge in [0.05, 0.1) is 12.6 Å². The van der Waals surface area contributed by atoms with Crippen LogP contribution in [0.25, 0.3) is 0 Å². The lowest BCUT2D eigenvalue weighted by atomic mass is 9.99. The first-order valence-electron chi connectivity index (χ1n) is 7.28. The minimum atomic E-state index is -0.750. The summed E-state index contributed by atoms with van der Waals surface area (Å²) in [6, 6.07) is 5.63. The first-order valence-corrected chi connectivity index (χ1v) is 7.28. The Balaban J connectivity index is 1.88. The fourth-order valence-corrected chi connectivity index (χ4v) is 2.57. The van der Waals surface area contributed by atoms with E-state index in [1.54, 1.807) is 0 Å². The minimum Gasteiger partial charge on any atom is -0.481 e. The van der Waals surface area contributed by atoms with E-state index in [2.05, 4.69) is 5.32 Å². The number of likely N-dealkylation sites (tertiary alicyclic amines) is 1. The van der Waals surface area contributed by atoms with Gasteiger partial charge in [-0.05, 0) is 56.5 Å². The van der Waals surface area contributed by atoms with Crippen LogP contribution in [0, 0.1) is 19.8 Å². The molecular weight excluding hydrogens is 268 g/mol. The molecule has 5 nitrogen and oxygen atoms in total. The smallest absolute Gasteiger partial charge is 0.307 e. The third kappa shape index (κ3) is 4.04. The van der Waals surface area contributed by atoms with Gasteiger partial charge in [-0.15, -0.1) is 0 Å². The average molecular weight is 290 g/mol. The molecular formula is C16H22N2O3. The number of carbonyl (C=O) groups excluding carboxylic acids is 1. The lowest BCUT2D eigenvalue weighted by Gasteiger charge is -2.30. The molecule has 1 aromatic rings. The summed E-state index contributed by atoms with van der Waals surface area (Å²) in [5, 5.41) is 11.9. The fraction of sp³-hybridized carbons (Fsp3) is 0.500. The summed E-state index contributed by atoms with van der Waals surface area (Å²) in [5.74, 6) is -1.19. The van der Waals surface area contributed by atoms with Crippen molar-refractivity contribution in [2.45, 2.75) is 26.7 Å². The number of carbonyl (C=O) groups is 2. The molecule has 5 heteroatoms. The maximum absolute atomic E-state index is 12.1. The van der Waals surface area contributed by atoms with Gasteiger partial charge in [0, 0.05) is 12.1 Å². The molecule has 114 valence electrons. The molecule has 1 heterocycles. The van der Waals surface area contributed by atoms with Crippen molar-refractivity contribution >= 4 is 11.9 Å². The summed E-state index contributed by atoms with van der Waals surface area (Å²) < 4.78 is 0. The Labute approximate surface area is 125 Å². The number of nitrogens with one attached hydrogen (secondary N) is 1. The van der Waals surface area contributed by atoms with Gasteiger partial charge in [0.15, 0.2) is 0 Å². The lowest BCUT2D eigenvalue weighted by molar-refractivity contribution is -0.143. The normalized spacial score (nSPS) is 19.2. The van der Waals surface area contributed by atoms with E-state index in [9.17, 15) is 9.59 Å². The van der Waals surface area contributed by atoms with Crippen molar-refractivity contribution < 1.29 is 14.7 Å². The van der Waals surface area contributed by atoms with Crippen LogP contribution in [0.1, 0.15) is 34.3 Å². The van der Waals surface area contributed by atoms with Crippen LogP contribution < -0.4 is 5.32 Å². The average Bonchev–Trinajstić information content (AvgIpc) is 2.48. The SMILES string of the molecule is Cc1ccc(C(=O)NCN2CCCC(C(=O)O)C2)cc1C. The molecule has 1 aliphatic rings. The molecule has 0 spiro atoms. The molecule has 1 amide bonds. The second kappa shape index (κ2) is 6.72. The standard InChI is InChI=1S/C16H22N2O3/c1-11-5-6-13(8-12(11)2)15(19)17-10-18-7-3-4-14(9-18)16(20)21/h5-6,8,14H,3-4,7,9-10H2,1-2H3,(H,17,19)(H,20,21). The molecule has 1 saturated heterocycles. The van der Waals surface area contributed by atoms with E-state index in [1.165, 1.54) is 0 Å². The highest BCUT2D eigenvalue weighted by Crippen LogP contribution is 2.16. The largest absolute Gasteiger partial charge is 0.481 e. The van der Waals surface area contributed by atoms with Crippen LogP contribution in [0.3, 0.4) is 0 Å². The molecule has 21 heavy (non-hydrogen) atoms. The molecule has 1 fully saturated rings. The fourth-order valence-electron chi connectivity index (χ4n) is 2.57. The Kier molecular flexibility index (Phi) is 4.96. The predicted molar refractivity (Wildman–Crippen MR) is 80.2 cm³/mol. The van der Waals surface area contributed by atoms with Gasteiger partial charge in [0.25, 0.3) is 5.91 Å². The summed E-state index contributed by atoms with van der Waals surface area (Å²) in [6.45, 7) is 5.72. The zero-order chi connectivity index (χ0) is 15.4. The topological polar surface area (TPSA) is 69.6 Å². The summed E-state index contributed by atoms with van der Waals surface area (Å²) in [6.07, 6.45) is 1.58. The Bertz CT molecular complexity index is 542. The molecule has 0 bridgehead atoms. The molecule has 0 aromatic heterocycles. The van der Waals surface area contributed by atoms with Gasteiger partial charge in [0.2, 0.25) is 0 Å². The Morgan fingerprint density at radius 2 is 2.10 bits per heavy atom. The number of carboxylic acids is 1. The van der Waals surface area contributed by atoms with Crippen molar-refractivity contribution in [1.29, 1.82) is 0 Å². The van der Waals surface area contributed by atoms with Crippen LogP contribution in [0.15, 0.2) is 18.2 Å². The highest BCUT2D eigenvalue weighted by Gasteiger charge is 2.25. The van der Waals surface area contributed by atoms with Crippen molar-refractivity contribution in [2.75, 3.05) is 19.8 Å². The predicted octanol–water partition coefficient (Wildman–Crippen LogP) is 1.79. The van der Waals surface area contributed by atoms with Gasteiger partial charge in [-0.3, -0.25) is 14.5 Å². The molecule has 1 unspecified atom stereocenters. The zero-order valence-electron chi connectivity index (χ0n) is 12.6. The first kappa shape index (κ1) is 15.5. The molecule has 1 aromatic carbocycles. The first-order chi connectivity index (χ1) is 9.97. The molecule has 0 aliphatic carbocycles. The van der Waals surface area contributed by atoms with Crippen LogP contribution >= 0.6 is 0 Å². The summed E-state index contributed by atoms with van der Waals surface area (Å²) >= 11 is 0. The van der Waals surface area contributed by atoms with Gasteiger partial charge < -0.3 is 10.4 Å². The molecule has 1 aliphatic heterocycles. The zero-order valence-corrected chi connectivity index (χ0v) is 12.6. The van der Waals surface area contributed by atoms with E-state index < -0.39 is 5.97 Å². The van der Waals surface area contributed by atoms with Crippen LogP contribution in [0.2, 0.25) is 0 Å². The van der Waals surface area contributed by atoms with E-state index in [0.29, 0.717) is 18.8 Å². The summed E-state index contributed by atoms with van der Waals surface area (Å²) in [7, 11) is 0. The maximum atomic E-state index is 12.1. The van der Waals surface area contributed by atoms with Crippen molar-refractivity contribution in [1.82, 2.24) is 10.2 Å². The number of piperidine rings is 1. The molecule has 0 radical (unpaired) electrons. The van der Waals surface area contributed by atoms with E-state index >= 15 is 0 Å². The van der Waals surface area contributed by atoms with Gasteiger partial charge in [-0.2, -0.15) is 0 Å². The number of hydrogen-bond acceptors (Lipinski definition) is 3. The van der Waals surface area contributed by atoms with Crippen LogP contribution in [0.5, 0.6) is 0 Å². The summed E-state index contributed by atoms with van der Waals surface area (Å²) in [5.41, 5.74) is 2.89. The number of amides is 1. The highest BCUT2D eigenvalue weighted by molar-refractivity contribution is 5.94. The second-order valence-corrected chi connectivity index (χ2v) is 5.72. The molecule has 2 rings (SSSR count). The van der Waals surface area contributed by atoms with Crippen LogP contribution in [-0.4, -0.2) is 41.6 Å². The Morgan fingerprint density at radius 1 is 1.33 bits per heavy atom. The molecule has 2 N–H and O–H groups in total. The van der Waals surface area contributed by atoms with Crippen molar-refractivity contribution in [3.63, 3.8) is 0 Å². The van der Waals surface area contributed by atoms with Gasteiger partial charge in [-0.25, -0.2) is 0 Å². The minimum absolute atomic E-state index is 0.115. The van der Waals surface area contributed by atoms with Crippen molar-refractivity contribution in [3.8, 4) is 0 Å². The number of carboxylic acid groups (broad SMARTS) is 1. The van der Waals surface area contributed by atoms with Crippen LogP contribution in [-0.2, 0) is 4.79 Å².